The van der Waals surface area contributed by atoms with Gasteiger partial charge in [0, 0.05) is 36.5 Å². The summed E-state index contributed by atoms with van der Waals surface area (Å²) in [7, 11) is 0. The van der Waals surface area contributed by atoms with Gasteiger partial charge in [0.25, 0.3) is 0 Å². The number of hydrogen-bond acceptors (Lipinski definition) is 4. The molecule has 0 radical (unpaired) electrons. The van der Waals surface area contributed by atoms with Crippen molar-refractivity contribution < 1.29 is 9.94 Å². The van der Waals surface area contributed by atoms with Crippen LogP contribution in [-0.4, -0.2) is 35.6 Å². The van der Waals surface area contributed by atoms with Crippen LogP contribution in [0.3, 0.4) is 0 Å². The van der Waals surface area contributed by atoms with Gasteiger partial charge in [-0.1, -0.05) is 23.7 Å². The van der Waals surface area contributed by atoms with E-state index in [1.807, 2.05) is 12.1 Å². The number of hydrogen-bond donors (Lipinski definition) is 2. The summed E-state index contributed by atoms with van der Waals surface area (Å²) in [5.74, 6) is 1.22. The highest BCUT2D eigenvalue weighted by Crippen LogP contribution is 2.33. The van der Waals surface area contributed by atoms with Gasteiger partial charge in [-0.25, -0.2) is 0 Å². The van der Waals surface area contributed by atoms with Crippen LogP contribution in [0.2, 0.25) is 5.02 Å². The van der Waals surface area contributed by atoms with Crippen LogP contribution in [0, 0.1) is 0 Å². The molecule has 1 aliphatic heterocycles. The molecule has 0 saturated heterocycles. The lowest BCUT2D eigenvalue weighted by molar-refractivity contribution is 0.276. The zero-order valence-corrected chi connectivity index (χ0v) is 12.4. The molecule has 0 saturated carbocycles. The van der Waals surface area contributed by atoms with Gasteiger partial charge in [-0.05, 0) is 24.2 Å². The first-order valence-corrected chi connectivity index (χ1v) is 7.14. The van der Waals surface area contributed by atoms with Gasteiger partial charge in [0.15, 0.2) is 0 Å². The summed E-state index contributed by atoms with van der Waals surface area (Å²) in [5, 5.41) is 12.3. The van der Waals surface area contributed by atoms with Crippen molar-refractivity contribution in [2.75, 3.05) is 19.7 Å². The Morgan fingerprint density at radius 1 is 1.55 bits per heavy atom. The van der Waals surface area contributed by atoms with Gasteiger partial charge in [0.05, 0.1) is 6.61 Å². The minimum absolute atomic E-state index is 0.246. The van der Waals surface area contributed by atoms with Gasteiger partial charge in [-0.15, -0.1) is 0 Å². The number of rotatable bonds is 6. The molecule has 1 aromatic rings. The van der Waals surface area contributed by atoms with Crippen molar-refractivity contribution in [1.29, 1.82) is 0 Å². The maximum atomic E-state index is 8.58. The summed E-state index contributed by atoms with van der Waals surface area (Å²) in [6.07, 6.45) is 1.45. The van der Waals surface area contributed by atoms with Crippen LogP contribution < -0.4 is 10.5 Å². The average Bonchev–Trinajstić information content (AvgIpc) is 2.90. The van der Waals surface area contributed by atoms with E-state index in [2.05, 4.69) is 17.0 Å². The number of fused-ring (bicyclic) bond motifs is 1. The molecule has 0 aromatic heterocycles. The molecule has 0 aliphatic carbocycles. The number of nitrogens with zero attached hydrogens (tertiary/aromatic N) is 2. The lowest BCUT2D eigenvalue weighted by Gasteiger charge is -2.21. The summed E-state index contributed by atoms with van der Waals surface area (Å²) in [5.41, 5.74) is 7.79. The summed E-state index contributed by atoms with van der Waals surface area (Å²) < 4.78 is 5.70. The first kappa shape index (κ1) is 14.9. The maximum absolute atomic E-state index is 8.58. The lowest BCUT2D eigenvalue weighted by Crippen LogP contribution is -2.28. The molecule has 20 heavy (non-hydrogen) atoms. The van der Waals surface area contributed by atoms with E-state index >= 15 is 0 Å². The largest absolute Gasteiger partial charge is 0.493 e. The molecule has 110 valence electrons. The van der Waals surface area contributed by atoms with E-state index < -0.39 is 0 Å². The second-order valence-corrected chi connectivity index (χ2v) is 5.30. The normalized spacial score (nSPS) is 14.4. The van der Waals surface area contributed by atoms with E-state index in [4.69, 9.17) is 27.3 Å². The van der Waals surface area contributed by atoms with Crippen molar-refractivity contribution in [1.82, 2.24) is 4.90 Å². The molecule has 3 N–H and O–H groups in total. The number of ether oxygens (including phenoxy) is 1. The van der Waals surface area contributed by atoms with E-state index in [1.165, 1.54) is 5.56 Å². The number of amidine groups is 1. The van der Waals surface area contributed by atoms with Gasteiger partial charge in [-0.3, -0.25) is 4.90 Å². The third kappa shape index (κ3) is 3.55. The van der Waals surface area contributed by atoms with Crippen molar-refractivity contribution in [2.45, 2.75) is 26.3 Å². The van der Waals surface area contributed by atoms with Crippen LogP contribution in [0.1, 0.15) is 24.5 Å². The van der Waals surface area contributed by atoms with Crippen molar-refractivity contribution in [3.63, 3.8) is 0 Å². The monoisotopic (exact) mass is 297 g/mol. The molecular weight excluding hydrogens is 278 g/mol. The third-order valence-electron chi connectivity index (χ3n) is 3.48. The molecule has 1 heterocycles. The molecule has 6 heteroatoms. The summed E-state index contributed by atoms with van der Waals surface area (Å²) in [6.45, 7) is 5.16. The van der Waals surface area contributed by atoms with Gasteiger partial charge in [-0.2, -0.15) is 0 Å². The summed E-state index contributed by atoms with van der Waals surface area (Å²) in [4.78, 5) is 2.21. The highest BCUT2D eigenvalue weighted by atomic mass is 35.5. The Bertz CT molecular complexity index is 505. The molecule has 5 nitrogen and oxygen atoms in total. The van der Waals surface area contributed by atoms with E-state index in [0.29, 0.717) is 6.42 Å². The predicted molar refractivity (Wildman–Crippen MR) is 79.6 cm³/mol. The van der Waals surface area contributed by atoms with E-state index in [-0.39, 0.29) is 5.84 Å². The Kier molecular flexibility index (Phi) is 5.09. The van der Waals surface area contributed by atoms with Crippen LogP contribution >= 0.6 is 11.6 Å². The standard InChI is InChI=1S/C14H20ClN3O2/c1-2-18(5-3-13(16)17-19)9-11-8-12(15)7-10-4-6-20-14(10)11/h7-8,19H,2-6,9H2,1H3,(H2,16,17). The first-order valence-electron chi connectivity index (χ1n) is 6.77. The third-order valence-corrected chi connectivity index (χ3v) is 3.70. The number of halogens is 1. The fourth-order valence-electron chi connectivity index (χ4n) is 2.38. The van der Waals surface area contributed by atoms with Gasteiger partial charge in [0.2, 0.25) is 0 Å². The molecule has 0 spiro atoms. The molecule has 2 rings (SSSR count). The zero-order chi connectivity index (χ0) is 14.5. The molecule has 0 unspecified atom stereocenters. The van der Waals surface area contributed by atoms with E-state index in [1.54, 1.807) is 0 Å². The van der Waals surface area contributed by atoms with Gasteiger partial charge >= 0.3 is 0 Å². The molecule has 1 aliphatic rings. The Morgan fingerprint density at radius 2 is 2.35 bits per heavy atom. The smallest absolute Gasteiger partial charge is 0.140 e. The molecule has 0 atom stereocenters. The van der Waals surface area contributed by atoms with Crippen LogP contribution in [0.4, 0.5) is 0 Å². The lowest BCUT2D eigenvalue weighted by atomic mass is 10.1. The van der Waals surface area contributed by atoms with Crippen molar-refractivity contribution in [3.8, 4) is 5.75 Å². The topological polar surface area (TPSA) is 71.1 Å². The quantitative estimate of drug-likeness (QED) is 0.366. The fourth-order valence-corrected chi connectivity index (χ4v) is 2.64. The number of nitrogens with two attached hydrogens (primary N) is 1. The molecule has 1 aromatic carbocycles. The second-order valence-electron chi connectivity index (χ2n) is 4.86. The summed E-state index contributed by atoms with van der Waals surface area (Å²) in [6, 6.07) is 3.93. The highest BCUT2D eigenvalue weighted by molar-refractivity contribution is 6.30. The SMILES string of the molecule is CCN(CC/C(N)=N/O)Cc1cc(Cl)cc2c1OCC2. The van der Waals surface area contributed by atoms with Crippen LogP contribution in [0.25, 0.3) is 0 Å². The van der Waals surface area contributed by atoms with Gasteiger partial charge in [0.1, 0.15) is 11.6 Å². The second kappa shape index (κ2) is 6.81. The number of benzene rings is 1. The highest BCUT2D eigenvalue weighted by Gasteiger charge is 2.19. The molecule has 0 amide bonds. The van der Waals surface area contributed by atoms with E-state index in [9.17, 15) is 0 Å². The van der Waals surface area contributed by atoms with Crippen LogP contribution in [0.5, 0.6) is 5.75 Å². The molecule has 0 fully saturated rings. The number of oxime groups is 1. The first-order chi connectivity index (χ1) is 9.63. The maximum Gasteiger partial charge on any atom is 0.140 e. The minimum Gasteiger partial charge on any atom is -0.493 e. The van der Waals surface area contributed by atoms with Crippen LogP contribution in [0.15, 0.2) is 17.3 Å². The molecule has 0 bridgehead atoms. The Labute approximate surface area is 124 Å². The van der Waals surface area contributed by atoms with Crippen LogP contribution in [-0.2, 0) is 13.0 Å². The van der Waals surface area contributed by atoms with E-state index in [0.717, 1.165) is 49.0 Å². The minimum atomic E-state index is 0.246. The Hall–Kier alpha value is -1.46. The van der Waals surface area contributed by atoms with Crippen molar-refractivity contribution in [3.05, 3.63) is 28.3 Å². The molecular formula is C14H20ClN3O2. The Balaban J connectivity index is 2.08. The zero-order valence-electron chi connectivity index (χ0n) is 11.6. The Morgan fingerprint density at radius 3 is 3.05 bits per heavy atom. The van der Waals surface area contributed by atoms with Crippen molar-refractivity contribution in [2.24, 2.45) is 10.9 Å². The average molecular weight is 298 g/mol. The van der Waals surface area contributed by atoms with Gasteiger partial charge < -0.3 is 15.7 Å². The van der Waals surface area contributed by atoms with Crippen molar-refractivity contribution >= 4 is 17.4 Å². The summed E-state index contributed by atoms with van der Waals surface area (Å²) >= 11 is 6.16. The fraction of sp³-hybridized carbons (Fsp3) is 0.500. The predicted octanol–water partition coefficient (Wildman–Crippen LogP) is 2.23.